The molecule has 27 heavy (non-hydrogen) atoms. The summed E-state index contributed by atoms with van der Waals surface area (Å²) in [5.74, 6) is -2.47. The summed E-state index contributed by atoms with van der Waals surface area (Å²) >= 11 is 5.60. The van der Waals surface area contributed by atoms with Gasteiger partial charge in [0, 0.05) is 12.1 Å². The molecule has 0 saturated carbocycles. The Morgan fingerprint density at radius 2 is 1.89 bits per heavy atom. The lowest BCUT2D eigenvalue weighted by Crippen LogP contribution is -2.85. The van der Waals surface area contributed by atoms with Crippen LogP contribution in [0.4, 0.5) is 10.1 Å². The zero-order valence-electron chi connectivity index (χ0n) is 14.1. The molecule has 0 unspecified atom stereocenters. The largest absolute Gasteiger partial charge is 0.339 e. The van der Waals surface area contributed by atoms with Crippen molar-refractivity contribution in [2.75, 3.05) is 5.32 Å². The number of nitrogens with one attached hydrogen (secondary N) is 3. The molecular formula is C18H18ClFN5O2+. The Bertz CT molecular complexity index is 930. The van der Waals surface area contributed by atoms with E-state index >= 15 is 0 Å². The average Bonchev–Trinajstić information content (AvgIpc) is 2.94. The van der Waals surface area contributed by atoms with Crippen molar-refractivity contribution in [3.63, 3.8) is 0 Å². The minimum absolute atomic E-state index is 0.0214. The second-order valence-corrected chi connectivity index (χ2v) is 6.55. The Morgan fingerprint density at radius 1 is 1.15 bits per heavy atom. The Hall–Kier alpha value is -3.13. The van der Waals surface area contributed by atoms with Crippen LogP contribution in [0.5, 0.6) is 0 Å². The fourth-order valence-electron chi connectivity index (χ4n) is 3.09. The van der Waals surface area contributed by atoms with Crippen molar-refractivity contribution in [1.29, 1.82) is 0 Å². The van der Waals surface area contributed by atoms with Gasteiger partial charge in [0.25, 0.3) is 0 Å². The van der Waals surface area contributed by atoms with E-state index in [4.69, 9.17) is 23.1 Å². The smallest absolute Gasteiger partial charge is 0.337 e. The molecule has 2 atom stereocenters. The van der Waals surface area contributed by atoms with E-state index in [1.807, 2.05) is 24.3 Å². The number of carbonyl (C=O) groups excluding carboxylic acids is 2. The van der Waals surface area contributed by atoms with Crippen molar-refractivity contribution in [2.45, 2.75) is 18.5 Å². The number of rotatable bonds is 3. The summed E-state index contributed by atoms with van der Waals surface area (Å²) in [4.78, 5) is 27.4. The van der Waals surface area contributed by atoms with E-state index in [2.05, 4.69) is 15.6 Å². The van der Waals surface area contributed by atoms with Crippen LogP contribution in [0.2, 0.25) is 5.02 Å². The molecule has 0 aliphatic heterocycles. The van der Waals surface area contributed by atoms with Crippen molar-refractivity contribution in [3.8, 4) is 0 Å². The van der Waals surface area contributed by atoms with Gasteiger partial charge in [0.05, 0.1) is 11.1 Å². The molecule has 7 N–H and O–H groups in total. The summed E-state index contributed by atoms with van der Waals surface area (Å²) in [6.07, 6.45) is 0.586. The number of benzene rings is 2. The Kier molecular flexibility index (Phi) is 5.27. The van der Waals surface area contributed by atoms with Gasteiger partial charge in [0.2, 0.25) is 0 Å². The van der Waals surface area contributed by atoms with Crippen LogP contribution in [0.1, 0.15) is 17.2 Å². The second kappa shape index (κ2) is 7.63. The number of carbonyl (C=O) groups is 2. The first-order valence-corrected chi connectivity index (χ1v) is 8.52. The van der Waals surface area contributed by atoms with Gasteiger partial charge >= 0.3 is 17.8 Å². The highest BCUT2D eigenvalue weighted by Crippen LogP contribution is 2.29. The maximum Gasteiger partial charge on any atom is 0.339 e. The summed E-state index contributed by atoms with van der Waals surface area (Å²) in [5.41, 5.74) is 13.1. The van der Waals surface area contributed by atoms with Gasteiger partial charge in [-0.1, -0.05) is 35.9 Å². The van der Waals surface area contributed by atoms with Gasteiger partial charge in [-0.15, -0.1) is 0 Å². The third-order valence-electron chi connectivity index (χ3n) is 4.25. The van der Waals surface area contributed by atoms with E-state index in [0.717, 1.165) is 17.2 Å². The van der Waals surface area contributed by atoms with Crippen LogP contribution in [-0.4, -0.2) is 23.8 Å². The van der Waals surface area contributed by atoms with Gasteiger partial charge in [-0.25, -0.2) is 4.39 Å². The van der Waals surface area contributed by atoms with Crippen LogP contribution in [0.15, 0.2) is 42.5 Å². The lowest BCUT2D eigenvalue weighted by molar-refractivity contribution is -0.508. The van der Waals surface area contributed by atoms with Crippen LogP contribution in [0, 0.1) is 5.82 Å². The molecule has 1 aliphatic carbocycles. The van der Waals surface area contributed by atoms with Crippen molar-refractivity contribution < 1.29 is 19.0 Å². The molecule has 140 valence electrons. The van der Waals surface area contributed by atoms with Gasteiger partial charge in [-0.2, -0.15) is 0 Å². The summed E-state index contributed by atoms with van der Waals surface area (Å²) in [6, 6.07) is 10.4. The minimum Gasteiger partial charge on any atom is -0.337 e. The molecule has 3 rings (SSSR count). The lowest BCUT2D eigenvalue weighted by Gasteiger charge is -2.18. The fraction of sp³-hybridized carbons (Fsp3) is 0.167. The van der Waals surface area contributed by atoms with E-state index in [1.165, 1.54) is 12.1 Å². The molecule has 0 aromatic heterocycles. The molecule has 2 aromatic rings. The number of fused-ring (bicyclic) bond motifs is 1. The van der Waals surface area contributed by atoms with Crippen molar-refractivity contribution in [1.82, 2.24) is 5.32 Å². The third kappa shape index (κ3) is 4.17. The number of hydrogen-bond acceptors (Lipinski definition) is 2. The van der Waals surface area contributed by atoms with E-state index < -0.39 is 23.7 Å². The number of halogens is 2. The SMILES string of the molecule is NC(N)=[NH+][C@H]1Cc2ccccc2[C@@H]1NC(=O)C(=O)Nc1ccc(Cl)c(F)c1. The van der Waals surface area contributed by atoms with E-state index in [9.17, 15) is 14.0 Å². The summed E-state index contributed by atoms with van der Waals surface area (Å²) in [5, 5.41) is 4.94. The first-order chi connectivity index (χ1) is 12.8. The molecule has 0 bridgehead atoms. The van der Waals surface area contributed by atoms with Crippen molar-refractivity contribution >= 4 is 35.1 Å². The molecule has 2 aromatic carbocycles. The highest BCUT2D eigenvalue weighted by atomic mass is 35.5. The van der Waals surface area contributed by atoms with Crippen LogP contribution >= 0.6 is 11.6 Å². The quantitative estimate of drug-likeness (QED) is 0.277. The minimum atomic E-state index is -0.926. The number of hydrogen-bond donors (Lipinski definition) is 5. The predicted molar refractivity (Wildman–Crippen MR) is 99.2 cm³/mol. The normalized spacial score (nSPS) is 17.7. The Balaban J connectivity index is 1.75. The zero-order chi connectivity index (χ0) is 19.6. The molecule has 7 nitrogen and oxygen atoms in total. The van der Waals surface area contributed by atoms with Gasteiger partial charge in [0.1, 0.15) is 11.9 Å². The standard InChI is InChI=1S/C18H17ClFN5O2/c19-12-6-5-10(8-13(12)20)23-16(26)17(27)25-15-11-4-2-1-3-9(11)7-14(15)24-18(21)22/h1-6,8,14-15H,7H2,(H,23,26)(H,25,27)(H4,21,22,24)/p+1/t14-,15-/m0/s1. The molecular weight excluding hydrogens is 373 g/mol. The van der Waals surface area contributed by atoms with E-state index in [1.54, 1.807) is 0 Å². The molecule has 0 heterocycles. The summed E-state index contributed by atoms with van der Waals surface area (Å²) in [6.45, 7) is 0. The van der Waals surface area contributed by atoms with E-state index in [0.29, 0.717) is 6.42 Å². The first kappa shape index (κ1) is 18.7. The molecule has 0 radical (unpaired) electrons. The average molecular weight is 391 g/mol. The number of anilines is 1. The molecule has 0 fully saturated rings. The maximum atomic E-state index is 13.5. The molecule has 9 heteroatoms. The zero-order valence-corrected chi connectivity index (χ0v) is 14.9. The van der Waals surface area contributed by atoms with Gasteiger partial charge in [0.15, 0.2) is 0 Å². The molecule has 1 aliphatic rings. The maximum absolute atomic E-state index is 13.5. The summed E-state index contributed by atoms with van der Waals surface area (Å²) < 4.78 is 13.5. The Morgan fingerprint density at radius 3 is 2.59 bits per heavy atom. The van der Waals surface area contributed by atoms with E-state index in [-0.39, 0.29) is 22.7 Å². The monoisotopic (exact) mass is 390 g/mol. The highest BCUT2D eigenvalue weighted by Gasteiger charge is 2.35. The van der Waals surface area contributed by atoms with Gasteiger partial charge in [-0.05, 0) is 29.3 Å². The molecule has 2 amide bonds. The second-order valence-electron chi connectivity index (χ2n) is 6.14. The van der Waals surface area contributed by atoms with Gasteiger partial charge in [-0.3, -0.25) is 26.0 Å². The van der Waals surface area contributed by atoms with Crippen LogP contribution in [0.3, 0.4) is 0 Å². The third-order valence-corrected chi connectivity index (χ3v) is 4.56. The summed E-state index contributed by atoms with van der Waals surface area (Å²) in [7, 11) is 0. The van der Waals surface area contributed by atoms with Crippen molar-refractivity contribution in [3.05, 3.63) is 64.4 Å². The van der Waals surface area contributed by atoms with Crippen LogP contribution in [0.25, 0.3) is 0 Å². The number of amides is 2. The fourth-order valence-corrected chi connectivity index (χ4v) is 3.21. The highest BCUT2D eigenvalue weighted by molar-refractivity contribution is 6.39. The number of guanidine groups is 1. The number of nitrogens with two attached hydrogens (primary N) is 2. The van der Waals surface area contributed by atoms with Crippen LogP contribution < -0.4 is 27.1 Å². The van der Waals surface area contributed by atoms with Gasteiger partial charge < -0.3 is 10.6 Å². The molecule has 0 spiro atoms. The topological polar surface area (TPSA) is 124 Å². The first-order valence-electron chi connectivity index (χ1n) is 8.14. The molecule has 0 saturated heterocycles. The predicted octanol–water partition coefficient (Wildman–Crippen LogP) is -0.446. The lowest BCUT2D eigenvalue weighted by atomic mass is 10.1. The van der Waals surface area contributed by atoms with Crippen LogP contribution in [-0.2, 0) is 16.0 Å². The van der Waals surface area contributed by atoms with Crippen molar-refractivity contribution in [2.24, 2.45) is 11.5 Å². The Labute approximate surface area is 159 Å².